The number of unbranched alkanes of at least 4 members (excludes halogenated alkanes) is 1. The van der Waals surface area contributed by atoms with E-state index in [-0.39, 0.29) is 12.2 Å². The number of nitrogen functional groups attached to an aromatic ring is 1. The summed E-state index contributed by atoms with van der Waals surface area (Å²) >= 11 is 0. The van der Waals surface area contributed by atoms with Crippen molar-refractivity contribution in [3.63, 3.8) is 0 Å². The number of anilines is 1. The van der Waals surface area contributed by atoms with Gasteiger partial charge in [-0.15, -0.1) is 0 Å². The van der Waals surface area contributed by atoms with E-state index in [0.717, 1.165) is 12.1 Å². The molecule has 0 aliphatic carbocycles. The molecular formula is C11H16F2N2O3S. The first-order valence-corrected chi connectivity index (χ1v) is 7.10. The molecule has 0 saturated carbocycles. The topological polar surface area (TPSA) is 81.4 Å². The van der Waals surface area contributed by atoms with E-state index in [1.54, 1.807) is 0 Å². The highest BCUT2D eigenvalue weighted by Crippen LogP contribution is 2.20. The number of halogens is 2. The van der Waals surface area contributed by atoms with Crippen molar-refractivity contribution < 1.29 is 21.9 Å². The number of hydrogen-bond acceptors (Lipinski definition) is 4. The van der Waals surface area contributed by atoms with Crippen LogP contribution in [0.25, 0.3) is 0 Å². The molecule has 0 aliphatic rings. The Morgan fingerprint density at radius 3 is 2.63 bits per heavy atom. The predicted molar refractivity (Wildman–Crippen MR) is 67.1 cm³/mol. The second-order valence-corrected chi connectivity index (χ2v) is 5.65. The van der Waals surface area contributed by atoms with Crippen LogP contribution in [0, 0.1) is 11.6 Å². The van der Waals surface area contributed by atoms with Gasteiger partial charge in [-0.2, -0.15) is 0 Å². The monoisotopic (exact) mass is 294 g/mol. The highest BCUT2D eigenvalue weighted by molar-refractivity contribution is 7.89. The van der Waals surface area contributed by atoms with Gasteiger partial charge in [-0.3, -0.25) is 0 Å². The van der Waals surface area contributed by atoms with Gasteiger partial charge >= 0.3 is 0 Å². The van der Waals surface area contributed by atoms with Crippen molar-refractivity contribution >= 4 is 15.7 Å². The molecule has 19 heavy (non-hydrogen) atoms. The van der Waals surface area contributed by atoms with Crippen LogP contribution in [0.3, 0.4) is 0 Å². The van der Waals surface area contributed by atoms with Crippen molar-refractivity contribution in [1.82, 2.24) is 4.72 Å². The average molecular weight is 294 g/mol. The second-order valence-electron chi connectivity index (χ2n) is 3.91. The summed E-state index contributed by atoms with van der Waals surface area (Å²) < 4.78 is 57.1. The van der Waals surface area contributed by atoms with Gasteiger partial charge in [0.2, 0.25) is 10.0 Å². The van der Waals surface area contributed by atoms with E-state index in [2.05, 4.69) is 4.72 Å². The zero-order valence-corrected chi connectivity index (χ0v) is 11.3. The van der Waals surface area contributed by atoms with Crippen LogP contribution in [0.5, 0.6) is 0 Å². The fourth-order valence-electron chi connectivity index (χ4n) is 1.44. The van der Waals surface area contributed by atoms with Crippen LogP contribution in [-0.2, 0) is 14.8 Å². The van der Waals surface area contributed by atoms with Gasteiger partial charge in [0.15, 0.2) is 11.6 Å². The lowest BCUT2D eigenvalue weighted by molar-refractivity contribution is 0.193. The number of sulfonamides is 1. The molecule has 0 fully saturated rings. The van der Waals surface area contributed by atoms with Gasteiger partial charge in [0.25, 0.3) is 0 Å². The molecule has 0 bridgehead atoms. The molecule has 0 spiro atoms. The van der Waals surface area contributed by atoms with Gasteiger partial charge in [0.05, 0.1) is 0 Å². The normalized spacial score (nSPS) is 11.7. The Bertz CT molecular complexity index is 535. The standard InChI is InChI=1S/C11H16F2N2O3S/c1-18-5-3-2-4-15-19(16,17)10-7-8(14)6-9(12)11(10)13/h6-7,15H,2-5,14H2,1H3. The Labute approximate surface area is 110 Å². The van der Waals surface area contributed by atoms with Gasteiger partial charge < -0.3 is 10.5 Å². The number of benzene rings is 1. The Morgan fingerprint density at radius 2 is 2.00 bits per heavy atom. The Hall–Kier alpha value is -1.25. The van der Waals surface area contributed by atoms with Gasteiger partial charge in [-0.1, -0.05) is 0 Å². The fraction of sp³-hybridized carbons (Fsp3) is 0.455. The summed E-state index contributed by atoms with van der Waals surface area (Å²) in [6.45, 7) is 0.616. The third-order valence-electron chi connectivity index (χ3n) is 2.37. The van der Waals surface area contributed by atoms with Crippen LogP contribution < -0.4 is 10.5 Å². The van der Waals surface area contributed by atoms with E-state index < -0.39 is 26.6 Å². The van der Waals surface area contributed by atoms with Crippen molar-refractivity contribution in [1.29, 1.82) is 0 Å². The SMILES string of the molecule is COCCCCNS(=O)(=O)c1cc(N)cc(F)c1F. The van der Waals surface area contributed by atoms with E-state index in [4.69, 9.17) is 10.5 Å². The maximum Gasteiger partial charge on any atom is 0.243 e. The minimum absolute atomic E-state index is 0.113. The summed E-state index contributed by atoms with van der Waals surface area (Å²) in [5, 5.41) is 0. The lowest BCUT2D eigenvalue weighted by Crippen LogP contribution is -2.26. The van der Waals surface area contributed by atoms with Gasteiger partial charge in [0, 0.05) is 25.9 Å². The first kappa shape index (κ1) is 15.8. The summed E-state index contributed by atoms with van der Waals surface area (Å²) in [6.07, 6.45) is 1.19. The molecule has 8 heteroatoms. The molecule has 0 heterocycles. The van der Waals surface area contributed by atoms with E-state index in [0.29, 0.717) is 19.4 Å². The highest BCUT2D eigenvalue weighted by atomic mass is 32.2. The highest BCUT2D eigenvalue weighted by Gasteiger charge is 2.22. The van der Waals surface area contributed by atoms with Crippen LogP contribution in [-0.4, -0.2) is 28.7 Å². The first-order valence-electron chi connectivity index (χ1n) is 5.61. The predicted octanol–water partition coefficient (Wildman–Crippen LogP) is 1.25. The molecule has 0 atom stereocenters. The maximum atomic E-state index is 13.4. The number of hydrogen-bond donors (Lipinski definition) is 2. The van der Waals surface area contributed by atoms with Crippen LogP contribution in [0.15, 0.2) is 17.0 Å². The summed E-state index contributed by atoms with van der Waals surface area (Å²) in [5.41, 5.74) is 5.15. The molecule has 3 N–H and O–H groups in total. The van der Waals surface area contributed by atoms with Crippen molar-refractivity contribution in [2.24, 2.45) is 0 Å². The maximum absolute atomic E-state index is 13.4. The van der Waals surface area contributed by atoms with Crippen molar-refractivity contribution in [2.75, 3.05) is 26.0 Å². The second kappa shape index (κ2) is 6.78. The molecule has 0 unspecified atom stereocenters. The van der Waals surface area contributed by atoms with Crippen molar-refractivity contribution in [3.8, 4) is 0 Å². The lowest BCUT2D eigenvalue weighted by atomic mass is 10.3. The number of methoxy groups -OCH3 is 1. The van der Waals surface area contributed by atoms with Crippen LogP contribution in [0.4, 0.5) is 14.5 Å². The number of nitrogens with two attached hydrogens (primary N) is 1. The molecule has 1 aromatic carbocycles. The largest absolute Gasteiger partial charge is 0.399 e. The van der Waals surface area contributed by atoms with E-state index in [1.807, 2.05) is 0 Å². The number of rotatable bonds is 7. The molecule has 0 amide bonds. The Kier molecular flexibility index (Phi) is 5.64. The third kappa shape index (κ3) is 4.41. The van der Waals surface area contributed by atoms with E-state index in [9.17, 15) is 17.2 Å². The van der Waals surface area contributed by atoms with Gasteiger partial charge in [0.1, 0.15) is 4.90 Å². The van der Waals surface area contributed by atoms with Crippen molar-refractivity contribution in [2.45, 2.75) is 17.7 Å². The Balaban J connectivity index is 2.78. The molecule has 0 aliphatic heterocycles. The lowest BCUT2D eigenvalue weighted by Gasteiger charge is -2.09. The van der Waals surface area contributed by atoms with Crippen LogP contribution in [0.1, 0.15) is 12.8 Å². The molecule has 1 aromatic rings. The zero-order valence-electron chi connectivity index (χ0n) is 10.4. The zero-order chi connectivity index (χ0) is 14.5. The van der Waals surface area contributed by atoms with Crippen LogP contribution in [0.2, 0.25) is 0 Å². The minimum atomic E-state index is -4.11. The quantitative estimate of drug-likeness (QED) is 0.586. The van der Waals surface area contributed by atoms with E-state index in [1.165, 1.54) is 7.11 Å². The minimum Gasteiger partial charge on any atom is -0.399 e. The summed E-state index contributed by atoms with van der Waals surface area (Å²) in [4.78, 5) is -0.781. The summed E-state index contributed by atoms with van der Waals surface area (Å²) in [6, 6.07) is 1.61. The first-order chi connectivity index (χ1) is 8.88. The van der Waals surface area contributed by atoms with E-state index >= 15 is 0 Å². The summed E-state index contributed by atoms with van der Waals surface area (Å²) in [5.74, 6) is -2.72. The number of ether oxygens (including phenoxy) is 1. The average Bonchev–Trinajstić information content (AvgIpc) is 2.33. The van der Waals surface area contributed by atoms with Crippen molar-refractivity contribution in [3.05, 3.63) is 23.8 Å². The molecular weight excluding hydrogens is 278 g/mol. The molecule has 0 radical (unpaired) electrons. The molecule has 1 rings (SSSR count). The smallest absolute Gasteiger partial charge is 0.243 e. The third-order valence-corrected chi connectivity index (χ3v) is 3.83. The number of nitrogens with one attached hydrogen (secondary N) is 1. The molecule has 0 aromatic heterocycles. The molecule has 108 valence electrons. The Morgan fingerprint density at radius 1 is 1.32 bits per heavy atom. The molecule has 5 nitrogen and oxygen atoms in total. The summed E-state index contributed by atoms with van der Waals surface area (Å²) in [7, 11) is -2.57. The van der Waals surface area contributed by atoms with Gasteiger partial charge in [-0.25, -0.2) is 21.9 Å². The van der Waals surface area contributed by atoms with Crippen LogP contribution >= 0.6 is 0 Å². The fourth-order valence-corrected chi connectivity index (χ4v) is 2.63. The van der Waals surface area contributed by atoms with Gasteiger partial charge in [-0.05, 0) is 25.0 Å². The molecule has 0 saturated heterocycles.